The SMILES string of the molecule is CC#CCOc1ccc(C2C(C)=C(CC(C)(C)CC)Nc3c(O)cccc3N2C(=O)Cc2ccccc2OC(F)(F)F)c(F)c1. The molecule has 3 aromatic rings. The van der Waals surface area contributed by atoms with E-state index in [9.17, 15) is 23.1 Å². The van der Waals surface area contributed by atoms with Gasteiger partial charge in [0.25, 0.3) is 0 Å². The van der Waals surface area contributed by atoms with Crippen LogP contribution in [0.25, 0.3) is 0 Å². The highest BCUT2D eigenvalue weighted by Crippen LogP contribution is 2.48. The predicted octanol–water partition coefficient (Wildman–Crippen LogP) is 8.67. The quantitative estimate of drug-likeness (QED) is 0.142. The third-order valence-electron chi connectivity index (χ3n) is 7.88. The van der Waals surface area contributed by atoms with E-state index >= 15 is 4.39 Å². The fraction of sp³-hybridized carbons (Fsp3) is 0.343. The number of nitrogens with one attached hydrogen (secondary N) is 1. The number of phenolic OH excluding ortho intramolecular Hbond substituents is 1. The number of amides is 1. The molecule has 10 heteroatoms. The molecular weight excluding hydrogens is 588 g/mol. The maximum Gasteiger partial charge on any atom is 0.573 e. The average Bonchev–Trinajstić information content (AvgIpc) is 3.08. The van der Waals surface area contributed by atoms with Crippen molar-refractivity contribution in [2.75, 3.05) is 16.8 Å². The first-order chi connectivity index (χ1) is 21.2. The fourth-order valence-corrected chi connectivity index (χ4v) is 5.18. The van der Waals surface area contributed by atoms with Gasteiger partial charge in [0.1, 0.15) is 35.4 Å². The van der Waals surface area contributed by atoms with Crippen LogP contribution in [0.15, 0.2) is 71.9 Å². The summed E-state index contributed by atoms with van der Waals surface area (Å²) in [5, 5.41) is 14.3. The first-order valence-corrected chi connectivity index (χ1v) is 14.5. The Morgan fingerprint density at radius 1 is 1.09 bits per heavy atom. The highest BCUT2D eigenvalue weighted by molar-refractivity contribution is 6.01. The molecular formula is C35H36F4N2O4. The second-order valence-corrected chi connectivity index (χ2v) is 11.5. The highest BCUT2D eigenvalue weighted by Gasteiger charge is 2.38. The number of carbonyl (C=O) groups is 1. The van der Waals surface area contributed by atoms with E-state index in [0.717, 1.165) is 12.5 Å². The lowest BCUT2D eigenvalue weighted by Gasteiger charge is -2.33. The zero-order valence-electron chi connectivity index (χ0n) is 25.8. The van der Waals surface area contributed by atoms with Gasteiger partial charge in [0.05, 0.1) is 18.2 Å². The lowest BCUT2D eigenvalue weighted by molar-refractivity contribution is -0.274. The van der Waals surface area contributed by atoms with E-state index in [0.29, 0.717) is 17.7 Å². The van der Waals surface area contributed by atoms with Crippen molar-refractivity contribution in [1.82, 2.24) is 0 Å². The minimum atomic E-state index is -4.97. The molecule has 0 radical (unpaired) electrons. The smallest absolute Gasteiger partial charge is 0.506 e. The first kappa shape index (κ1) is 33.2. The van der Waals surface area contributed by atoms with E-state index in [-0.39, 0.29) is 46.0 Å². The number of halogens is 4. The number of benzene rings is 3. The van der Waals surface area contributed by atoms with Crippen molar-refractivity contribution < 1.29 is 36.9 Å². The summed E-state index contributed by atoms with van der Waals surface area (Å²) in [5.41, 5.74) is 1.68. The van der Waals surface area contributed by atoms with E-state index in [1.54, 1.807) is 32.0 Å². The maximum absolute atomic E-state index is 16.1. The molecule has 1 amide bonds. The van der Waals surface area contributed by atoms with E-state index < -0.39 is 36.3 Å². The van der Waals surface area contributed by atoms with Crippen molar-refractivity contribution in [2.45, 2.75) is 66.3 Å². The number of hydrogen-bond donors (Lipinski definition) is 2. The molecule has 1 heterocycles. The molecule has 6 nitrogen and oxygen atoms in total. The summed E-state index contributed by atoms with van der Waals surface area (Å²) >= 11 is 0. The number of nitrogens with zero attached hydrogens (tertiary/aromatic N) is 1. The van der Waals surface area contributed by atoms with Gasteiger partial charge in [-0.05, 0) is 61.6 Å². The van der Waals surface area contributed by atoms with Crippen molar-refractivity contribution in [2.24, 2.45) is 5.41 Å². The summed E-state index contributed by atoms with van der Waals surface area (Å²) in [7, 11) is 0. The highest BCUT2D eigenvalue weighted by atomic mass is 19.4. The largest absolute Gasteiger partial charge is 0.573 e. The number of aromatic hydroxyl groups is 1. The van der Waals surface area contributed by atoms with Gasteiger partial charge in [-0.1, -0.05) is 57.4 Å². The third-order valence-corrected chi connectivity index (χ3v) is 7.88. The molecule has 1 aliphatic rings. The molecule has 0 saturated carbocycles. The second-order valence-electron chi connectivity index (χ2n) is 11.5. The number of hydrogen-bond acceptors (Lipinski definition) is 5. The standard InChI is InChI=1S/C35H36F4N2O4/c1-6-8-18-44-24-16-17-25(26(36)20-24)33-22(3)27(21-34(4,5)7-2)40-32-28(13-11-14-29(32)42)41(33)31(43)19-23-12-9-10-15-30(23)45-35(37,38)39/h9-17,20,33,40,42H,7,18-19,21H2,1-5H3. The zero-order chi connectivity index (χ0) is 32.9. The fourth-order valence-electron chi connectivity index (χ4n) is 5.18. The Morgan fingerprint density at radius 3 is 2.49 bits per heavy atom. The number of ether oxygens (including phenoxy) is 2. The summed E-state index contributed by atoms with van der Waals surface area (Å²) in [4.78, 5) is 15.7. The Hall–Kier alpha value is -4.65. The van der Waals surface area contributed by atoms with Crippen LogP contribution in [-0.2, 0) is 11.2 Å². The summed E-state index contributed by atoms with van der Waals surface area (Å²) in [6.45, 7) is 9.71. The van der Waals surface area contributed by atoms with Crippen LogP contribution in [0.4, 0.5) is 28.9 Å². The van der Waals surface area contributed by atoms with Crippen molar-refractivity contribution in [3.05, 3.63) is 88.9 Å². The van der Waals surface area contributed by atoms with Gasteiger partial charge < -0.3 is 19.9 Å². The number of para-hydroxylation sites is 2. The molecule has 4 rings (SSSR count). The summed E-state index contributed by atoms with van der Waals surface area (Å²) < 4.78 is 65.4. The van der Waals surface area contributed by atoms with Crippen LogP contribution in [0.3, 0.4) is 0 Å². The monoisotopic (exact) mass is 624 g/mol. The van der Waals surface area contributed by atoms with E-state index in [1.165, 1.54) is 41.3 Å². The predicted molar refractivity (Wildman–Crippen MR) is 166 cm³/mol. The summed E-state index contributed by atoms with van der Waals surface area (Å²) in [6.07, 6.45) is -4.16. The number of rotatable bonds is 9. The van der Waals surface area contributed by atoms with Gasteiger partial charge in [-0.25, -0.2) is 4.39 Å². The van der Waals surface area contributed by atoms with Gasteiger partial charge >= 0.3 is 6.36 Å². The van der Waals surface area contributed by atoms with Crippen LogP contribution in [0.5, 0.6) is 17.2 Å². The third kappa shape index (κ3) is 7.90. The molecule has 0 bridgehead atoms. The molecule has 2 N–H and O–H groups in total. The molecule has 1 aliphatic heterocycles. The molecule has 0 aliphatic carbocycles. The maximum atomic E-state index is 16.1. The Balaban J connectivity index is 1.92. The van der Waals surface area contributed by atoms with Crippen LogP contribution in [-0.4, -0.2) is 24.0 Å². The summed E-state index contributed by atoms with van der Waals surface area (Å²) in [5.74, 6) is 3.75. The van der Waals surface area contributed by atoms with Crippen molar-refractivity contribution >= 4 is 17.3 Å². The van der Waals surface area contributed by atoms with Gasteiger partial charge in [0, 0.05) is 22.9 Å². The number of allylic oxidation sites excluding steroid dienone is 1. The molecule has 45 heavy (non-hydrogen) atoms. The molecule has 0 saturated heterocycles. The zero-order valence-corrected chi connectivity index (χ0v) is 25.8. The molecule has 238 valence electrons. The molecule has 0 aromatic heterocycles. The lowest BCUT2D eigenvalue weighted by Crippen LogP contribution is -2.37. The van der Waals surface area contributed by atoms with Gasteiger partial charge in [-0.2, -0.15) is 0 Å². The van der Waals surface area contributed by atoms with Crippen LogP contribution in [0.2, 0.25) is 0 Å². The Bertz CT molecular complexity index is 1650. The van der Waals surface area contributed by atoms with E-state index in [4.69, 9.17) is 4.74 Å². The molecule has 1 unspecified atom stereocenters. The number of fused-ring (bicyclic) bond motifs is 1. The van der Waals surface area contributed by atoms with Crippen LogP contribution >= 0.6 is 0 Å². The average molecular weight is 625 g/mol. The van der Waals surface area contributed by atoms with Crippen LogP contribution < -0.4 is 19.7 Å². The number of phenols is 1. The van der Waals surface area contributed by atoms with Gasteiger partial charge in [-0.15, -0.1) is 19.1 Å². The molecule has 0 spiro atoms. The molecule has 1 atom stereocenters. The van der Waals surface area contributed by atoms with Crippen LogP contribution in [0.1, 0.15) is 64.6 Å². The van der Waals surface area contributed by atoms with Gasteiger partial charge in [-0.3, -0.25) is 9.69 Å². The van der Waals surface area contributed by atoms with Gasteiger partial charge in [0.15, 0.2) is 0 Å². The Morgan fingerprint density at radius 2 is 1.82 bits per heavy atom. The number of carbonyl (C=O) groups excluding carboxylic acids is 1. The van der Waals surface area contributed by atoms with Crippen molar-refractivity contribution in [3.63, 3.8) is 0 Å². The number of alkyl halides is 3. The van der Waals surface area contributed by atoms with Crippen molar-refractivity contribution in [1.29, 1.82) is 0 Å². The molecule has 0 fully saturated rings. The van der Waals surface area contributed by atoms with E-state index in [2.05, 4.69) is 35.7 Å². The van der Waals surface area contributed by atoms with Crippen LogP contribution in [0, 0.1) is 23.1 Å². The number of anilines is 2. The van der Waals surface area contributed by atoms with Crippen molar-refractivity contribution in [3.8, 4) is 29.1 Å². The summed E-state index contributed by atoms with van der Waals surface area (Å²) in [6, 6.07) is 13.3. The second kappa shape index (κ2) is 13.6. The van der Waals surface area contributed by atoms with Gasteiger partial charge in [0.2, 0.25) is 5.91 Å². The normalized spacial score (nSPS) is 15.0. The molecule has 3 aromatic carbocycles. The lowest BCUT2D eigenvalue weighted by atomic mass is 9.83. The first-order valence-electron chi connectivity index (χ1n) is 14.5. The Labute approximate surface area is 260 Å². The Kier molecular flexibility index (Phi) is 10.0. The topological polar surface area (TPSA) is 71.0 Å². The van der Waals surface area contributed by atoms with E-state index in [1.807, 2.05) is 6.92 Å². The minimum absolute atomic E-state index is 0.00675. The minimum Gasteiger partial charge on any atom is -0.506 e.